The molecule has 0 aromatic heterocycles. The average molecular weight is 288 g/mol. The molecule has 2 rings (SSSR count). The Labute approximate surface area is 128 Å². The van der Waals surface area contributed by atoms with Crippen LogP contribution in [0.2, 0.25) is 0 Å². The maximum absolute atomic E-state index is 10.2. The van der Waals surface area contributed by atoms with Crippen LogP contribution in [0.4, 0.5) is 0 Å². The second-order valence-electron chi connectivity index (χ2n) is 6.13. The van der Waals surface area contributed by atoms with Gasteiger partial charge in [-0.2, -0.15) is 0 Å². The molecule has 1 aliphatic carbocycles. The van der Waals surface area contributed by atoms with Crippen molar-refractivity contribution in [1.29, 1.82) is 0 Å². The van der Waals surface area contributed by atoms with Crippen molar-refractivity contribution in [1.82, 2.24) is 0 Å². The van der Waals surface area contributed by atoms with Crippen molar-refractivity contribution in [3.05, 3.63) is 48.0 Å². The van der Waals surface area contributed by atoms with Gasteiger partial charge in [-0.1, -0.05) is 61.7 Å². The second kappa shape index (κ2) is 9.01. The zero-order valence-corrected chi connectivity index (χ0v) is 13.1. The second-order valence-corrected chi connectivity index (χ2v) is 6.13. The number of hydrogen-bond acceptors (Lipinski definition) is 2. The molecule has 1 aliphatic rings. The lowest BCUT2D eigenvalue weighted by atomic mass is 9.84. The predicted molar refractivity (Wildman–Crippen MR) is 87.0 cm³/mol. The Morgan fingerprint density at radius 2 is 1.90 bits per heavy atom. The Morgan fingerprint density at radius 1 is 1.19 bits per heavy atom. The lowest BCUT2D eigenvalue weighted by Crippen LogP contribution is -2.22. The zero-order valence-electron chi connectivity index (χ0n) is 13.1. The molecular weight excluding hydrogens is 260 g/mol. The normalized spacial score (nSPS) is 19.7. The van der Waals surface area contributed by atoms with Gasteiger partial charge in [0.25, 0.3) is 0 Å². The van der Waals surface area contributed by atoms with Crippen LogP contribution in [-0.2, 0) is 11.3 Å². The molecule has 1 N–H and O–H groups in total. The molecule has 2 heteroatoms. The van der Waals surface area contributed by atoms with E-state index in [9.17, 15) is 5.11 Å². The topological polar surface area (TPSA) is 29.5 Å². The zero-order chi connectivity index (χ0) is 14.9. The molecule has 0 spiro atoms. The molecule has 0 amide bonds. The molecule has 0 aliphatic heterocycles. The molecule has 1 fully saturated rings. The van der Waals surface area contributed by atoms with Gasteiger partial charge in [0.15, 0.2) is 0 Å². The van der Waals surface area contributed by atoms with Gasteiger partial charge in [0, 0.05) is 0 Å². The predicted octanol–water partition coefficient (Wildman–Crippen LogP) is 4.48. The molecule has 2 atom stereocenters. The van der Waals surface area contributed by atoms with E-state index < -0.39 is 0 Å². The SMILES string of the molecule is C[C@@H](/C=C\C[C@H](O)C1CCCCC1)OCc1ccccc1. The first-order valence-corrected chi connectivity index (χ1v) is 8.26. The van der Waals surface area contributed by atoms with E-state index in [1.165, 1.54) is 37.7 Å². The van der Waals surface area contributed by atoms with Gasteiger partial charge in [0.1, 0.15) is 0 Å². The third-order valence-electron chi connectivity index (χ3n) is 4.33. The van der Waals surface area contributed by atoms with Gasteiger partial charge in [0.2, 0.25) is 0 Å². The lowest BCUT2D eigenvalue weighted by Gasteiger charge is -2.25. The Balaban J connectivity index is 1.65. The van der Waals surface area contributed by atoms with Crippen LogP contribution in [0.3, 0.4) is 0 Å². The average Bonchev–Trinajstić information content (AvgIpc) is 2.54. The highest BCUT2D eigenvalue weighted by molar-refractivity contribution is 5.13. The Morgan fingerprint density at radius 3 is 2.62 bits per heavy atom. The van der Waals surface area contributed by atoms with Crippen molar-refractivity contribution in [3.63, 3.8) is 0 Å². The summed E-state index contributed by atoms with van der Waals surface area (Å²) in [6, 6.07) is 10.2. The van der Waals surface area contributed by atoms with Gasteiger partial charge in [-0.25, -0.2) is 0 Å². The monoisotopic (exact) mass is 288 g/mol. The van der Waals surface area contributed by atoms with Crippen molar-refractivity contribution in [2.45, 2.75) is 64.3 Å². The highest BCUT2D eigenvalue weighted by Gasteiger charge is 2.20. The number of aliphatic hydroxyl groups is 1. The van der Waals surface area contributed by atoms with Crippen LogP contribution < -0.4 is 0 Å². The van der Waals surface area contributed by atoms with Gasteiger partial charge in [-0.15, -0.1) is 0 Å². The number of aliphatic hydroxyl groups excluding tert-OH is 1. The summed E-state index contributed by atoms with van der Waals surface area (Å²) >= 11 is 0. The third kappa shape index (κ3) is 6.03. The van der Waals surface area contributed by atoms with E-state index in [4.69, 9.17) is 4.74 Å². The number of rotatable bonds is 7. The van der Waals surface area contributed by atoms with Crippen LogP contribution in [0.25, 0.3) is 0 Å². The molecule has 21 heavy (non-hydrogen) atoms. The fourth-order valence-corrected chi connectivity index (χ4v) is 2.98. The van der Waals surface area contributed by atoms with Crippen molar-refractivity contribution in [3.8, 4) is 0 Å². The van der Waals surface area contributed by atoms with Crippen LogP contribution in [0.5, 0.6) is 0 Å². The molecule has 0 unspecified atom stereocenters. The van der Waals surface area contributed by atoms with Crippen LogP contribution in [0.1, 0.15) is 51.0 Å². The van der Waals surface area contributed by atoms with Crippen LogP contribution >= 0.6 is 0 Å². The fourth-order valence-electron chi connectivity index (χ4n) is 2.98. The standard InChI is InChI=1S/C19H28O2/c1-16(21-15-17-10-4-2-5-11-17)9-8-14-19(20)18-12-6-3-7-13-18/h2,4-5,8-11,16,18-20H,3,6-7,12-15H2,1H3/b9-8-/t16-,19-/m0/s1. The van der Waals surface area contributed by atoms with E-state index in [1.807, 2.05) is 25.1 Å². The largest absolute Gasteiger partial charge is 0.393 e. The molecule has 1 aromatic carbocycles. The maximum atomic E-state index is 10.2. The maximum Gasteiger partial charge on any atom is 0.0732 e. The van der Waals surface area contributed by atoms with Crippen molar-refractivity contribution in [2.24, 2.45) is 5.92 Å². The minimum atomic E-state index is -0.178. The van der Waals surface area contributed by atoms with Gasteiger partial charge >= 0.3 is 0 Å². The van der Waals surface area contributed by atoms with E-state index in [-0.39, 0.29) is 12.2 Å². The molecule has 1 aromatic rings. The lowest BCUT2D eigenvalue weighted by molar-refractivity contribution is 0.0798. The van der Waals surface area contributed by atoms with Gasteiger partial charge in [0.05, 0.1) is 18.8 Å². The van der Waals surface area contributed by atoms with E-state index in [0.29, 0.717) is 12.5 Å². The Kier molecular flexibility index (Phi) is 6.98. The molecule has 1 saturated carbocycles. The molecule has 2 nitrogen and oxygen atoms in total. The first kappa shape index (κ1) is 16.3. The molecule has 0 heterocycles. The Hall–Kier alpha value is -1.12. The minimum Gasteiger partial charge on any atom is -0.393 e. The summed E-state index contributed by atoms with van der Waals surface area (Å²) in [5.41, 5.74) is 1.19. The van der Waals surface area contributed by atoms with E-state index in [2.05, 4.69) is 24.3 Å². The summed E-state index contributed by atoms with van der Waals surface area (Å²) in [6.45, 7) is 2.68. The molecule has 0 radical (unpaired) electrons. The summed E-state index contributed by atoms with van der Waals surface area (Å²) in [7, 11) is 0. The van der Waals surface area contributed by atoms with Gasteiger partial charge < -0.3 is 9.84 Å². The summed E-state index contributed by atoms with van der Waals surface area (Å²) in [6.07, 6.45) is 11.1. The van der Waals surface area contributed by atoms with Gasteiger partial charge in [-0.3, -0.25) is 0 Å². The highest BCUT2D eigenvalue weighted by Crippen LogP contribution is 2.27. The Bertz CT molecular complexity index is 407. The number of benzene rings is 1. The first-order valence-electron chi connectivity index (χ1n) is 8.26. The number of ether oxygens (including phenoxy) is 1. The first-order chi connectivity index (χ1) is 10.3. The number of hydrogen-bond donors (Lipinski definition) is 1. The van der Waals surface area contributed by atoms with Crippen molar-refractivity contribution >= 4 is 0 Å². The summed E-state index contributed by atoms with van der Waals surface area (Å²) in [5, 5.41) is 10.2. The van der Waals surface area contributed by atoms with Crippen molar-refractivity contribution in [2.75, 3.05) is 0 Å². The van der Waals surface area contributed by atoms with Crippen LogP contribution in [-0.4, -0.2) is 17.3 Å². The summed E-state index contributed by atoms with van der Waals surface area (Å²) in [4.78, 5) is 0. The van der Waals surface area contributed by atoms with E-state index >= 15 is 0 Å². The smallest absolute Gasteiger partial charge is 0.0732 e. The fraction of sp³-hybridized carbons (Fsp3) is 0.579. The van der Waals surface area contributed by atoms with E-state index in [1.54, 1.807) is 0 Å². The summed E-state index contributed by atoms with van der Waals surface area (Å²) in [5.74, 6) is 0.504. The van der Waals surface area contributed by atoms with Crippen LogP contribution in [0, 0.1) is 5.92 Å². The minimum absolute atomic E-state index is 0.0868. The van der Waals surface area contributed by atoms with Crippen LogP contribution in [0.15, 0.2) is 42.5 Å². The third-order valence-corrected chi connectivity index (χ3v) is 4.33. The molecule has 0 saturated heterocycles. The van der Waals surface area contributed by atoms with E-state index in [0.717, 1.165) is 6.42 Å². The molecular formula is C19H28O2. The molecule has 0 bridgehead atoms. The highest BCUT2D eigenvalue weighted by atomic mass is 16.5. The quantitative estimate of drug-likeness (QED) is 0.750. The summed E-state index contributed by atoms with van der Waals surface area (Å²) < 4.78 is 5.79. The van der Waals surface area contributed by atoms with Gasteiger partial charge in [-0.05, 0) is 37.7 Å². The molecule has 116 valence electrons. The van der Waals surface area contributed by atoms with Crippen molar-refractivity contribution < 1.29 is 9.84 Å².